The van der Waals surface area contributed by atoms with E-state index in [0.29, 0.717) is 6.04 Å². The highest BCUT2D eigenvalue weighted by atomic mass is 15.4. The summed E-state index contributed by atoms with van der Waals surface area (Å²) in [6, 6.07) is 7.31. The molecule has 1 unspecified atom stereocenters. The van der Waals surface area contributed by atoms with Crippen LogP contribution in [-0.4, -0.2) is 15.0 Å². The molecule has 0 radical (unpaired) electrons. The first kappa shape index (κ1) is 13.3. The summed E-state index contributed by atoms with van der Waals surface area (Å²) in [6.07, 6.45) is 6.97. The molecule has 4 heteroatoms. The van der Waals surface area contributed by atoms with E-state index in [1.807, 2.05) is 17.9 Å². The lowest BCUT2D eigenvalue weighted by Crippen LogP contribution is -2.20. The van der Waals surface area contributed by atoms with E-state index in [4.69, 9.17) is 0 Å². The highest BCUT2D eigenvalue weighted by Gasteiger charge is 2.12. The molecule has 0 saturated carbocycles. The SMILES string of the molecule is CC(NCc1cnnn1C)c1ccc2c(c1)CCCC2. The van der Waals surface area contributed by atoms with Gasteiger partial charge in [0.15, 0.2) is 0 Å². The van der Waals surface area contributed by atoms with Crippen molar-refractivity contribution in [3.63, 3.8) is 0 Å². The first-order valence-electron chi connectivity index (χ1n) is 7.42. The van der Waals surface area contributed by atoms with Crippen molar-refractivity contribution in [3.8, 4) is 0 Å². The van der Waals surface area contributed by atoms with E-state index in [-0.39, 0.29) is 0 Å². The van der Waals surface area contributed by atoms with Crippen LogP contribution in [0.2, 0.25) is 0 Å². The van der Waals surface area contributed by atoms with Crippen molar-refractivity contribution in [2.45, 2.75) is 45.2 Å². The lowest BCUT2D eigenvalue weighted by molar-refractivity contribution is 0.545. The van der Waals surface area contributed by atoms with Crippen LogP contribution in [0.4, 0.5) is 0 Å². The molecule has 4 nitrogen and oxygen atoms in total. The van der Waals surface area contributed by atoms with Crippen molar-refractivity contribution >= 4 is 0 Å². The highest BCUT2D eigenvalue weighted by molar-refractivity contribution is 5.35. The molecule has 1 aliphatic rings. The molecule has 1 aromatic heterocycles. The number of aryl methyl sites for hydroxylation is 3. The van der Waals surface area contributed by atoms with Crippen molar-refractivity contribution in [2.24, 2.45) is 7.05 Å². The molecule has 106 valence electrons. The van der Waals surface area contributed by atoms with Gasteiger partial charge < -0.3 is 5.32 Å². The maximum atomic E-state index is 3.95. The maximum absolute atomic E-state index is 3.95. The standard InChI is InChI=1S/C16H22N4/c1-12(17-10-16-11-18-19-20(16)2)14-8-7-13-5-3-4-6-15(13)9-14/h7-9,11-12,17H,3-6,10H2,1-2H3. The van der Waals surface area contributed by atoms with Crippen LogP contribution < -0.4 is 5.32 Å². The van der Waals surface area contributed by atoms with E-state index in [2.05, 4.69) is 40.8 Å². The number of hydrogen-bond donors (Lipinski definition) is 1. The Bertz CT molecular complexity index is 588. The van der Waals surface area contributed by atoms with Gasteiger partial charge in [0.05, 0.1) is 11.9 Å². The summed E-state index contributed by atoms with van der Waals surface area (Å²) < 4.78 is 1.81. The molecule has 3 rings (SSSR count). The Hall–Kier alpha value is -1.68. The number of nitrogens with zero attached hydrogens (tertiary/aromatic N) is 3. The third-order valence-electron chi connectivity index (χ3n) is 4.27. The third-order valence-corrected chi connectivity index (χ3v) is 4.27. The summed E-state index contributed by atoms with van der Waals surface area (Å²) in [4.78, 5) is 0. The maximum Gasteiger partial charge on any atom is 0.0738 e. The van der Waals surface area contributed by atoms with Gasteiger partial charge in [0.25, 0.3) is 0 Å². The van der Waals surface area contributed by atoms with Gasteiger partial charge in [0.2, 0.25) is 0 Å². The van der Waals surface area contributed by atoms with Gasteiger partial charge in [-0.15, -0.1) is 5.10 Å². The van der Waals surface area contributed by atoms with Gasteiger partial charge in [0.1, 0.15) is 0 Å². The van der Waals surface area contributed by atoms with Crippen molar-refractivity contribution in [1.29, 1.82) is 0 Å². The van der Waals surface area contributed by atoms with E-state index in [0.717, 1.165) is 12.2 Å². The van der Waals surface area contributed by atoms with Gasteiger partial charge >= 0.3 is 0 Å². The van der Waals surface area contributed by atoms with E-state index in [9.17, 15) is 0 Å². The lowest BCUT2D eigenvalue weighted by atomic mass is 9.89. The summed E-state index contributed by atoms with van der Waals surface area (Å²) in [5.41, 5.74) is 5.57. The number of aromatic nitrogens is 3. The predicted molar refractivity (Wildman–Crippen MR) is 79.3 cm³/mol. The average Bonchev–Trinajstić information content (AvgIpc) is 2.89. The Morgan fingerprint density at radius 1 is 1.25 bits per heavy atom. The molecular formula is C16H22N4. The van der Waals surface area contributed by atoms with Gasteiger partial charge in [-0.3, -0.25) is 4.68 Å². The second-order valence-electron chi connectivity index (χ2n) is 5.69. The number of hydrogen-bond acceptors (Lipinski definition) is 3. The first-order valence-corrected chi connectivity index (χ1v) is 7.42. The largest absolute Gasteiger partial charge is 0.305 e. The minimum absolute atomic E-state index is 0.345. The fraction of sp³-hybridized carbons (Fsp3) is 0.500. The smallest absolute Gasteiger partial charge is 0.0738 e. The van der Waals surface area contributed by atoms with Crippen LogP contribution in [0.25, 0.3) is 0 Å². The third kappa shape index (κ3) is 2.75. The minimum Gasteiger partial charge on any atom is -0.305 e. The van der Waals surface area contributed by atoms with Crippen LogP contribution in [0.5, 0.6) is 0 Å². The molecule has 0 fully saturated rings. The molecule has 20 heavy (non-hydrogen) atoms. The predicted octanol–water partition coefficient (Wildman–Crippen LogP) is 2.54. The molecule has 0 spiro atoms. The summed E-state index contributed by atoms with van der Waals surface area (Å²) in [5.74, 6) is 0. The Labute approximate surface area is 120 Å². The molecule has 0 aliphatic heterocycles. The van der Waals surface area contributed by atoms with Crippen LogP contribution in [0.3, 0.4) is 0 Å². The van der Waals surface area contributed by atoms with Gasteiger partial charge in [0, 0.05) is 19.6 Å². The summed E-state index contributed by atoms with van der Waals surface area (Å²) in [5, 5.41) is 11.4. The highest BCUT2D eigenvalue weighted by Crippen LogP contribution is 2.24. The van der Waals surface area contributed by atoms with Gasteiger partial charge in [-0.05, 0) is 49.3 Å². The van der Waals surface area contributed by atoms with Crippen LogP contribution in [0, 0.1) is 0 Å². The second-order valence-corrected chi connectivity index (χ2v) is 5.69. The van der Waals surface area contributed by atoms with E-state index in [1.165, 1.54) is 31.2 Å². The normalized spacial score (nSPS) is 15.9. The molecule has 1 aliphatic carbocycles. The number of rotatable bonds is 4. The topological polar surface area (TPSA) is 42.7 Å². The molecule has 1 atom stereocenters. The molecule has 1 N–H and O–H groups in total. The Morgan fingerprint density at radius 3 is 2.80 bits per heavy atom. The van der Waals surface area contributed by atoms with E-state index >= 15 is 0 Å². The number of fused-ring (bicyclic) bond motifs is 1. The Balaban J connectivity index is 1.67. The number of benzene rings is 1. The lowest BCUT2D eigenvalue weighted by Gasteiger charge is -2.20. The molecule has 2 aromatic rings. The molecule has 1 aromatic carbocycles. The van der Waals surface area contributed by atoms with Crippen LogP contribution in [-0.2, 0) is 26.4 Å². The molecule has 0 bridgehead atoms. The van der Waals surface area contributed by atoms with Crippen LogP contribution in [0.1, 0.15) is 48.2 Å². The summed E-state index contributed by atoms with van der Waals surface area (Å²) in [7, 11) is 1.92. The van der Waals surface area contributed by atoms with E-state index < -0.39 is 0 Å². The number of nitrogens with one attached hydrogen (secondary N) is 1. The average molecular weight is 270 g/mol. The molecule has 0 saturated heterocycles. The zero-order valence-electron chi connectivity index (χ0n) is 12.3. The fourth-order valence-electron chi connectivity index (χ4n) is 2.87. The van der Waals surface area contributed by atoms with Crippen molar-refractivity contribution in [3.05, 3.63) is 46.8 Å². The fourth-order valence-corrected chi connectivity index (χ4v) is 2.87. The van der Waals surface area contributed by atoms with Gasteiger partial charge in [-0.2, -0.15) is 0 Å². The van der Waals surface area contributed by atoms with Crippen molar-refractivity contribution < 1.29 is 0 Å². The zero-order chi connectivity index (χ0) is 13.9. The Kier molecular flexibility index (Phi) is 3.83. The summed E-state index contributed by atoms with van der Waals surface area (Å²) in [6.45, 7) is 3.01. The second kappa shape index (κ2) is 5.75. The quantitative estimate of drug-likeness (QED) is 0.928. The molecule has 1 heterocycles. The molecular weight excluding hydrogens is 248 g/mol. The first-order chi connectivity index (χ1) is 9.74. The van der Waals surface area contributed by atoms with Crippen LogP contribution >= 0.6 is 0 Å². The Morgan fingerprint density at radius 2 is 2.05 bits per heavy atom. The van der Waals surface area contributed by atoms with Crippen molar-refractivity contribution in [1.82, 2.24) is 20.3 Å². The monoisotopic (exact) mass is 270 g/mol. The van der Waals surface area contributed by atoms with Crippen LogP contribution in [0.15, 0.2) is 24.4 Å². The van der Waals surface area contributed by atoms with Crippen molar-refractivity contribution in [2.75, 3.05) is 0 Å². The molecule has 0 amide bonds. The summed E-state index contributed by atoms with van der Waals surface area (Å²) >= 11 is 0. The van der Waals surface area contributed by atoms with Gasteiger partial charge in [-0.1, -0.05) is 23.4 Å². The zero-order valence-corrected chi connectivity index (χ0v) is 12.3. The minimum atomic E-state index is 0.345. The van der Waals surface area contributed by atoms with E-state index in [1.54, 1.807) is 11.1 Å². The van der Waals surface area contributed by atoms with Gasteiger partial charge in [-0.25, -0.2) is 0 Å².